The fourth-order valence-electron chi connectivity index (χ4n) is 3.61. The maximum Gasteiger partial charge on any atom is 0.227 e. The van der Waals surface area contributed by atoms with Gasteiger partial charge >= 0.3 is 0 Å². The standard InChI is InChI=1S/C25H33N7O/c1-5-6-7-23(33)18(3)31-25-28-14-19(15-29-25)22-16-27-24(32(22)4)13-8-17(2)30-21-11-9-20(26)10-12-21/h5-8,13-16,20-21,30,33H,2-3,9-12,26H2,1,4H3,(H,28,29,31)/b6-5-,13-8-,23-7+. The quantitative estimate of drug-likeness (QED) is 0.336. The first-order valence-electron chi connectivity index (χ1n) is 11.1. The van der Waals surface area contributed by atoms with Crippen molar-refractivity contribution in [2.24, 2.45) is 12.8 Å². The van der Waals surface area contributed by atoms with Crippen LogP contribution in [-0.2, 0) is 7.05 Å². The Labute approximate surface area is 195 Å². The molecule has 0 amide bonds. The fraction of sp³-hybridized carbons (Fsp3) is 0.320. The molecule has 0 saturated heterocycles. The number of aliphatic hydroxyl groups is 1. The molecule has 2 heterocycles. The summed E-state index contributed by atoms with van der Waals surface area (Å²) >= 11 is 0. The van der Waals surface area contributed by atoms with Gasteiger partial charge in [0, 0.05) is 42.8 Å². The summed E-state index contributed by atoms with van der Waals surface area (Å²) in [5.41, 5.74) is 8.87. The zero-order valence-electron chi connectivity index (χ0n) is 19.3. The zero-order valence-corrected chi connectivity index (χ0v) is 19.3. The smallest absolute Gasteiger partial charge is 0.227 e. The second-order valence-corrected chi connectivity index (χ2v) is 8.15. The maximum absolute atomic E-state index is 9.93. The Morgan fingerprint density at radius 3 is 2.52 bits per heavy atom. The summed E-state index contributed by atoms with van der Waals surface area (Å²) in [6, 6.07) is 0.762. The molecule has 2 aromatic heterocycles. The average Bonchev–Trinajstić information content (AvgIpc) is 3.18. The predicted octanol–water partition coefficient (Wildman–Crippen LogP) is 4.21. The van der Waals surface area contributed by atoms with Crippen molar-refractivity contribution in [3.8, 4) is 11.3 Å². The van der Waals surface area contributed by atoms with E-state index in [1.807, 2.05) is 36.8 Å². The number of aliphatic hydroxyl groups excluding tert-OH is 1. The van der Waals surface area contributed by atoms with E-state index < -0.39 is 0 Å². The lowest BCUT2D eigenvalue weighted by Crippen LogP contribution is -2.36. The number of nitrogens with two attached hydrogens (primary N) is 1. The highest BCUT2D eigenvalue weighted by Crippen LogP contribution is 2.21. The van der Waals surface area contributed by atoms with Crippen LogP contribution in [0, 0.1) is 0 Å². The molecule has 0 aliphatic heterocycles. The third-order valence-corrected chi connectivity index (χ3v) is 5.59. The molecule has 8 heteroatoms. The molecule has 0 bridgehead atoms. The van der Waals surface area contributed by atoms with Crippen molar-refractivity contribution >= 4 is 12.0 Å². The molecule has 2 aromatic rings. The van der Waals surface area contributed by atoms with Gasteiger partial charge in [-0.15, -0.1) is 0 Å². The lowest BCUT2D eigenvalue weighted by atomic mass is 9.92. The van der Waals surface area contributed by atoms with Crippen LogP contribution < -0.4 is 16.4 Å². The van der Waals surface area contributed by atoms with E-state index in [-0.39, 0.29) is 5.76 Å². The molecule has 0 spiro atoms. The monoisotopic (exact) mass is 447 g/mol. The van der Waals surface area contributed by atoms with Crippen LogP contribution in [0.5, 0.6) is 0 Å². The second-order valence-electron chi connectivity index (χ2n) is 8.15. The topological polar surface area (TPSA) is 114 Å². The van der Waals surface area contributed by atoms with Gasteiger partial charge in [-0.1, -0.05) is 25.3 Å². The number of allylic oxidation sites excluding steroid dienone is 4. The van der Waals surface area contributed by atoms with Gasteiger partial charge in [-0.2, -0.15) is 0 Å². The maximum atomic E-state index is 9.93. The van der Waals surface area contributed by atoms with Gasteiger partial charge in [-0.3, -0.25) is 0 Å². The third kappa shape index (κ3) is 6.66. The molecule has 33 heavy (non-hydrogen) atoms. The van der Waals surface area contributed by atoms with Gasteiger partial charge in [0.1, 0.15) is 11.6 Å². The minimum Gasteiger partial charge on any atom is -0.506 e. The Balaban J connectivity index is 1.61. The molecule has 1 aliphatic rings. The Hall–Kier alpha value is -3.65. The Bertz CT molecular complexity index is 1050. The summed E-state index contributed by atoms with van der Waals surface area (Å²) in [5, 5.41) is 16.3. The average molecular weight is 448 g/mol. The van der Waals surface area contributed by atoms with Crippen molar-refractivity contribution in [2.45, 2.75) is 44.7 Å². The molecule has 0 radical (unpaired) electrons. The zero-order chi connectivity index (χ0) is 23.8. The van der Waals surface area contributed by atoms with Crippen molar-refractivity contribution in [3.05, 3.63) is 79.0 Å². The van der Waals surface area contributed by atoms with E-state index in [0.29, 0.717) is 23.7 Å². The minimum absolute atomic E-state index is 0.0204. The number of hydrogen-bond donors (Lipinski definition) is 4. The highest BCUT2D eigenvalue weighted by Gasteiger charge is 2.18. The number of hydrogen-bond acceptors (Lipinski definition) is 7. The molecule has 0 aromatic carbocycles. The molecule has 8 nitrogen and oxygen atoms in total. The van der Waals surface area contributed by atoms with Crippen molar-refractivity contribution in [3.63, 3.8) is 0 Å². The van der Waals surface area contributed by atoms with E-state index >= 15 is 0 Å². The first-order valence-corrected chi connectivity index (χ1v) is 11.1. The van der Waals surface area contributed by atoms with Gasteiger partial charge in [0.05, 0.1) is 17.6 Å². The number of nitrogens with one attached hydrogen (secondary N) is 2. The van der Waals surface area contributed by atoms with Crippen molar-refractivity contribution in [2.75, 3.05) is 5.32 Å². The number of rotatable bonds is 9. The van der Waals surface area contributed by atoms with Crippen LogP contribution in [-0.4, -0.2) is 36.7 Å². The second kappa shape index (κ2) is 11.3. The van der Waals surface area contributed by atoms with Crippen LogP contribution >= 0.6 is 0 Å². The summed E-state index contributed by atoms with van der Waals surface area (Å²) in [7, 11) is 1.94. The molecule has 5 N–H and O–H groups in total. The molecule has 0 atom stereocenters. The van der Waals surface area contributed by atoms with Crippen LogP contribution in [0.1, 0.15) is 38.4 Å². The van der Waals surface area contributed by atoms with Gasteiger partial charge in [-0.05, 0) is 50.8 Å². The molecule has 174 valence electrons. The van der Waals surface area contributed by atoms with Gasteiger partial charge in [0.2, 0.25) is 5.95 Å². The summed E-state index contributed by atoms with van der Waals surface area (Å²) in [6.45, 7) is 9.77. The van der Waals surface area contributed by atoms with E-state index in [1.54, 1.807) is 30.7 Å². The van der Waals surface area contributed by atoms with Gasteiger partial charge < -0.3 is 26.0 Å². The van der Waals surface area contributed by atoms with Crippen molar-refractivity contribution in [1.82, 2.24) is 24.8 Å². The van der Waals surface area contributed by atoms with Crippen LogP contribution in [0.25, 0.3) is 17.3 Å². The number of nitrogens with zero attached hydrogens (tertiary/aromatic N) is 4. The highest BCUT2D eigenvalue weighted by atomic mass is 16.3. The SMILES string of the molecule is C=C(/C=C\c1ncc(-c2cnc(NC(=C)/C(O)=C\C=C/C)nc2)n1C)NC1CCC(N)CC1. The Morgan fingerprint density at radius 2 is 1.85 bits per heavy atom. The normalized spacial score (nSPS) is 19.2. The summed E-state index contributed by atoms with van der Waals surface area (Å²) in [5.74, 6) is 1.16. The third-order valence-electron chi connectivity index (χ3n) is 5.59. The Kier molecular flexibility index (Phi) is 8.21. The highest BCUT2D eigenvalue weighted by molar-refractivity contribution is 5.61. The number of aromatic nitrogens is 4. The summed E-state index contributed by atoms with van der Waals surface area (Å²) in [6.07, 6.45) is 18.4. The molecular formula is C25H33N7O. The van der Waals surface area contributed by atoms with Crippen LogP contribution in [0.4, 0.5) is 5.95 Å². The Morgan fingerprint density at radius 1 is 1.15 bits per heavy atom. The molecule has 1 fully saturated rings. The van der Waals surface area contributed by atoms with Crippen LogP contribution in [0.3, 0.4) is 0 Å². The van der Waals surface area contributed by atoms with Gasteiger partial charge in [0.15, 0.2) is 0 Å². The number of imidazole rings is 1. The lowest BCUT2D eigenvalue weighted by Gasteiger charge is -2.27. The van der Waals surface area contributed by atoms with Crippen LogP contribution in [0.2, 0.25) is 0 Å². The van der Waals surface area contributed by atoms with E-state index in [4.69, 9.17) is 5.73 Å². The number of anilines is 1. The van der Waals surface area contributed by atoms with E-state index in [9.17, 15) is 5.11 Å². The molecule has 0 unspecified atom stereocenters. The van der Waals surface area contributed by atoms with Gasteiger partial charge in [-0.25, -0.2) is 15.0 Å². The predicted molar refractivity (Wildman–Crippen MR) is 134 cm³/mol. The fourth-order valence-corrected chi connectivity index (χ4v) is 3.61. The molecular weight excluding hydrogens is 414 g/mol. The van der Waals surface area contributed by atoms with E-state index in [1.165, 1.54) is 0 Å². The summed E-state index contributed by atoms with van der Waals surface area (Å²) in [4.78, 5) is 13.1. The summed E-state index contributed by atoms with van der Waals surface area (Å²) < 4.78 is 1.97. The van der Waals surface area contributed by atoms with E-state index in [2.05, 4.69) is 38.7 Å². The first-order chi connectivity index (χ1) is 15.9. The lowest BCUT2D eigenvalue weighted by molar-refractivity contribution is 0.363. The molecule has 1 aliphatic carbocycles. The minimum atomic E-state index is 0.0204. The molecule has 1 saturated carbocycles. The van der Waals surface area contributed by atoms with Crippen molar-refractivity contribution in [1.29, 1.82) is 0 Å². The van der Waals surface area contributed by atoms with Crippen LogP contribution in [0.15, 0.2) is 73.2 Å². The van der Waals surface area contributed by atoms with Gasteiger partial charge in [0.25, 0.3) is 0 Å². The molecule has 3 rings (SSSR count). The van der Waals surface area contributed by atoms with Crippen molar-refractivity contribution < 1.29 is 5.11 Å². The first kappa shape index (κ1) is 24.0. The largest absolute Gasteiger partial charge is 0.506 e. The van der Waals surface area contributed by atoms with E-state index in [0.717, 1.165) is 48.5 Å².